The zero-order valence-corrected chi connectivity index (χ0v) is 9.75. The number of hydrogen-bond donors (Lipinski definition) is 1. The Morgan fingerprint density at radius 3 is 2.81 bits per heavy atom. The number of ether oxygens (including phenoxy) is 1. The average molecular weight is 219 g/mol. The van der Waals surface area contributed by atoms with E-state index in [1.165, 1.54) is 0 Å². The molecule has 0 spiro atoms. The molecule has 0 unspecified atom stereocenters. The topological polar surface area (TPSA) is 38.3 Å². The fourth-order valence-corrected chi connectivity index (χ4v) is 1.67. The summed E-state index contributed by atoms with van der Waals surface area (Å²) in [5.74, 6) is 0.849. The molecule has 0 aliphatic heterocycles. The first-order valence-electron chi connectivity index (χ1n) is 5.76. The van der Waals surface area contributed by atoms with Crippen molar-refractivity contribution in [2.45, 2.75) is 32.3 Å². The Balaban J connectivity index is 2.22. The first-order valence-corrected chi connectivity index (χ1v) is 5.76. The number of carbonyl (C=O) groups excluding carboxylic acids is 1. The number of aryl methyl sites for hydroxylation is 1. The molecule has 16 heavy (non-hydrogen) atoms. The van der Waals surface area contributed by atoms with Crippen LogP contribution in [0.5, 0.6) is 5.75 Å². The third-order valence-electron chi connectivity index (χ3n) is 2.76. The summed E-state index contributed by atoms with van der Waals surface area (Å²) in [5.41, 5.74) is 1.78. The lowest BCUT2D eigenvalue weighted by Gasteiger charge is -2.10. The van der Waals surface area contributed by atoms with Crippen molar-refractivity contribution in [3.05, 3.63) is 29.3 Å². The molecular weight excluding hydrogens is 202 g/mol. The van der Waals surface area contributed by atoms with Gasteiger partial charge in [0, 0.05) is 12.6 Å². The van der Waals surface area contributed by atoms with E-state index in [-0.39, 0.29) is 5.91 Å². The summed E-state index contributed by atoms with van der Waals surface area (Å²) in [6.45, 7) is 2.04. The molecule has 1 saturated carbocycles. The van der Waals surface area contributed by atoms with E-state index in [0.717, 1.165) is 36.1 Å². The summed E-state index contributed by atoms with van der Waals surface area (Å²) in [5, 5.41) is 2.65. The fourth-order valence-electron chi connectivity index (χ4n) is 1.67. The molecule has 1 aliphatic rings. The number of nitrogens with one attached hydrogen (secondary N) is 1. The van der Waals surface area contributed by atoms with Crippen LogP contribution in [0, 0.1) is 0 Å². The molecule has 2 rings (SSSR count). The molecule has 1 aromatic rings. The lowest BCUT2D eigenvalue weighted by atomic mass is 10.0. The molecule has 0 radical (unpaired) electrons. The summed E-state index contributed by atoms with van der Waals surface area (Å²) < 4.78 is 5.70. The Morgan fingerprint density at radius 2 is 2.25 bits per heavy atom. The molecule has 0 heterocycles. The van der Waals surface area contributed by atoms with E-state index < -0.39 is 0 Å². The second-order valence-corrected chi connectivity index (χ2v) is 4.07. The lowest BCUT2D eigenvalue weighted by Crippen LogP contribution is -2.19. The molecule has 1 fully saturated rings. The second-order valence-electron chi connectivity index (χ2n) is 4.07. The van der Waals surface area contributed by atoms with Gasteiger partial charge in [-0.1, -0.05) is 6.92 Å². The van der Waals surface area contributed by atoms with Gasteiger partial charge >= 0.3 is 0 Å². The van der Waals surface area contributed by atoms with Gasteiger partial charge in [0.15, 0.2) is 0 Å². The predicted octanol–water partition coefficient (Wildman–Crippen LogP) is 2.15. The maximum Gasteiger partial charge on any atom is 0.251 e. The van der Waals surface area contributed by atoms with Gasteiger partial charge in [0.25, 0.3) is 5.91 Å². The van der Waals surface area contributed by atoms with Crippen molar-refractivity contribution in [3.8, 4) is 5.75 Å². The first-order chi connectivity index (χ1) is 7.74. The quantitative estimate of drug-likeness (QED) is 0.842. The average Bonchev–Trinajstić information content (AvgIpc) is 3.11. The van der Waals surface area contributed by atoms with E-state index in [2.05, 4.69) is 5.32 Å². The summed E-state index contributed by atoms with van der Waals surface area (Å²) in [7, 11) is 1.65. The van der Waals surface area contributed by atoms with Crippen LogP contribution >= 0.6 is 0 Å². The summed E-state index contributed by atoms with van der Waals surface area (Å²) in [6.07, 6.45) is 3.54. The van der Waals surface area contributed by atoms with Crippen molar-refractivity contribution in [2.24, 2.45) is 0 Å². The number of hydrogen-bond acceptors (Lipinski definition) is 2. The van der Waals surface area contributed by atoms with E-state index in [4.69, 9.17) is 4.74 Å². The Labute approximate surface area is 95.8 Å². The Bertz CT molecular complexity index is 397. The molecule has 3 nitrogen and oxygen atoms in total. The van der Waals surface area contributed by atoms with Crippen LogP contribution in [0.1, 0.15) is 35.7 Å². The molecule has 0 bridgehead atoms. The summed E-state index contributed by atoms with van der Waals surface area (Å²) in [6, 6.07) is 5.69. The third kappa shape index (κ3) is 2.35. The van der Waals surface area contributed by atoms with Gasteiger partial charge in [0.1, 0.15) is 5.75 Å². The second kappa shape index (κ2) is 4.56. The van der Waals surface area contributed by atoms with Gasteiger partial charge in [0.2, 0.25) is 0 Å². The minimum absolute atomic E-state index is 0.0326. The molecule has 1 aromatic carbocycles. The number of amides is 1. The van der Waals surface area contributed by atoms with E-state index in [9.17, 15) is 4.79 Å². The smallest absolute Gasteiger partial charge is 0.251 e. The maximum absolute atomic E-state index is 11.6. The van der Waals surface area contributed by atoms with Crippen LogP contribution in [-0.2, 0) is 6.42 Å². The van der Waals surface area contributed by atoms with Crippen LogP contribution in [0.15, 0.2) is 18.2 Å². The Morgan fingerprint density at radius 1 is 1.50 bits per heavy atom. The highest BCUT2D eigenvalue weighted by atomic mass is 16.5. The maximum atomic E-state index is 11.6. The molecule has 0 aromatic heterocycles. The van der Waals surface area contributed by atoms with Crippen molar-refractivity contribution in [1.82, 2.24) is 5.32 Å². The van der Waals surface area contributed by atoms with Gasteiger partial charge < -0.3 is 10.1 Å². The largest absolute Gasteiger partial charge is 0.490 e. The van der Waals surface area contributed by atoms with E-state index in [1.807, 2.05) is 25.1 Å². The van der Waals surface area contributed by atoms with E-state index in [0.29, 0.717) is 6.10 Å². The van der Waals surface area contributed by atoms with Gasteiger partial charge in [-0.3, -0.25) is 4.79 Å². The molecule has 3 heteroatoms. The van der Waals surface area contributed by atoms with E-state index in [1.54, 1.807) is 7.05 Å². The van der Waals surface area contributed by atoms with Crippen molar-refractivity contribution in [3.63, 3.8) is 0 Å². The molecular formula is C13H17NO2. The zero-order chi connectivity index (χ0) is 11.5. The van der Waals surface area contributed by atoms with E-state index >= 15 is 0 Å². The minimum Gasteiger partial charge on any atom is -0.490 e. The SMILES string of the molecule is CCc1cc(OC2CC2)ccc1C(=O)NC. The van der Waals surface area contributed by atoms with Crippen molar-refractivity contribution in [1.29, 1.82) is 0 Å². The molecule has 1 N–H and O–H groups in total. The minimum atomic E-state index is -0.0326. The van der Waals surface area contributed by atoms with Gasteiger partial charge in [-0.2, -0.15) is 0 Å². The number of benzene rings is 1. The van der Waals surface area contributed by atoms with Crippen LogP contribution in [0.3, 0.4) is 0 Å². The van der Waals surface area contributed by atoms with Gasteiger partial charge in [0.05, 0.1) is 6.10 Å². The van der Waals surface area contributed by atoms with Crippen LogP contribution in [0.25, 0.3) is 0 Å². The molecule has 86 valence electrons. The zero-order valence-electron chi connectivity index (χ0n) is 9.75. The predicted molar refractivity (Wildman–Crippen MR) is 62.9 cm³/mol. The van der Waals surface area contributed by atoms with Gasteiger partial charge in [-0.25, -0.2) is 0 Å². The monoisotopic (exact) mass is 219 g/mol. The fraction of sp³-hybridized carbons (Fsp3) is 0.462. The highest BCUT2D eigenvalue weighted by Gasteiger charge is 2.23. The van der Waals surface area contributed by atoms with Gasteiger partial charge in [-0.05, 0) is 43.0 Å². The van der Waals surface area contributed by atoms with Crippen LogP contribution in [0.2, 0.25) is 0 Å². The van der Waals surface area contributed by atoms with Crippen molar-refractivity contribution in [2.75, 3.05) is 7.05 Å². The van der Waals surface area contributed by atoms with Crippen LogP contribution in [0.4, 0.5) is 0 Å². The molecule has 1 amide bonds. The number of carbonyl (C=O) groups is 1. The van der Waals surface area contributed by atoms with Crippen LogP contribution in [-0.4, -0.2) is 19.1 Å². The number of rotatable bonds is 4. The molecule has 0 saturated heterocycles. The van der Waals surface area contributed by atoms with Gasteiger partial charge in [-0.15, -0.1) is 0 Å². The molecule has 1 aliphatic carbocycles. The highest BCUT2D eigenvalue weighted by Crippen LogP contribution is 2.28. The Hall–Kier alpha value is -1.51. The highest BCUT2D eigenvalue weighted by molar-refractivity contribution is 5.95. The standard InChI is InChI=1S/C13H17NO2/c1-3-9-8-11(16-10-4-5-10)6-7-12(9)13(15)14-2/h6-8,10H,3-5H2,1-2H3,(H,14,15). The molecule has 0 atom stereocenters. The third-order valence-corrected chi connectivity index (χ3v) is 2.76. The van der Waals surface area contributed by atoms with Crippen LogP contribution < -0.4 is 10.1 Å². The Kier molecular flexibility index (Phi) is 3.13. The summed E-state index contributed by atoms with van der Waals surface area (Å²) >= 11 is 0. The normalized spacial score (nSPS) is 14.6. The lowest BCUT2D eigenvalue weighted by molar-refractivity contribution is 0.0962. The first kappa shape index (κ1) is 11.0. The van der Waals surface area contributed by atoms with Crippen molar-refractivity contribution >= 4 is 5.91 Å². The van der Waals surface area contributed by atoms with Crippen molar-refractivity contribution < 1.29 is 9.53 Å². The summed E-state index contributed by atoms with van der Waals surface area (Å²) in [4.78, 5) is 11.6.